The minimum Gasteiger partial charge on any atom is -0.374 e. The minimum atomic E-state index is -0.392. The first kappa shape index (κ1) is 13.5. The van der Waals surface area contributed by atoms with Gasteiger partial charge in [-0.05, 0) is 30.2 Å². The summed E-state index contributed by atoms with van der Waals surface area (Å²) in [6, 6.07) is 6.28. The Hall–Kier alpha value is -1.60. The Morgan fingerprint density at radius 1 is 1.41 bits per heavy atom. The van der Waals surface area contributed by atoms with E-state index >= 15 is 0 Å². The third-order valence-corrected chi connectivity index (χ3v) is 2.67. The van der Waals surface area contributed by atoms with E-state index in [0.717, 1.165) is 0 Å². The van der Waals surface area contributed by atoms with Gasteiger partial charge < -0.3 is 10.6 Å². The Labute approximate surface area is 102 Å². The van der Waals surface area contributed by atoms with Gasteiger partial charge in [0.05, 0.1) is 11.6 Å². The van der Waals surface area contributed by atoms with Crippen LogP contribution in [0, 0.1) is 22.6 Å². The quantitative estimate of drug-likeness (QED) is 0.869. The highest BCUT2D eigenvalue weighted by atomic mass is 19.1. The predicted molar refractivity (Wildman–Crippen MR) is 67.2 cm³/mol. The second-order valence-corrected chi connectivity index (χ2v) is 5.03. The number of anilines is 1. The van der Waals surface area contributed by atoms with Crippen molar-refractivity contribution in [3.05, 3.63) is 29.6 Å². The Morgan fingerprint density at radius 2 is 2.06 bits per heavy atom. The van der Waals surface area contributed by atoms with E-state index in [-0.39, 0.29) is 5.41 Å². The molecule has 0 bridgehead atoms. The Morgan fingerprint density at radius 3 is 2.59 bits per heavy atom. The van der Waals surface area contributed by atoms with Gasteiger partial charge in [0.25, 0.3) is 0 Å². The van der Waals surface area contributed by atoms with E-state index < -0.39 is 5.82 Å². The van der Waals surface area contributed by atoms with Gasteiger partial charge in [-0.2, -0.15) is 5.26 Å². The van der Waals surface area contributed by atoms with Gasteiger partial charge in [0.15, 0.2) is 0 Å². The van der Waals surface area contributed by atoms with Crippen LogP contribution in [0.3, 0.4) is 0 Å². The molecule has 0 aliphatic carbocycles. The third kappa shape index (κ3) is 3.72. The first-order valence-electron chi connectivity index (χ1n) is 5.50. The molecule has 92 valence electrons. The fourth-order valence-electron chi connectivity index (χ4n) is 1.66. The van der Waals surface area contributed by atoms with Crippen LogP contribution in [-0.2, 0) is 0 Å². The second kappa shape index (κ2) is 5.15. The normalized spacial score (nSPS) is 11.1. The van der Waals surface area contributed by atoms with Crippen LogP contribution in [0.15, 0.2) is 18.2 Å². The van der Waals surface area contributed by atoms with E-state index in [1.807, 2.05) is 31.9 Å². The number of benzene rings is 1. The summed E-state index contributed by atoms with van der Waals surface area (Å²) in [7, 11) is 1.87. The highest BCUT2D eigenvalue weighted by Crippen LogP contribution is 2.22. The van der Waals surface area contributed by atoms with Crippen LogP contribution in [0.5, 0.6) is 0 Å². The molecular formula is C13H18FN3. The van der Waals surface area contributed by atoms with Crippen LogP contribution < -0.4 is 10.6 Å². The summed E-state index contributed by atoms with van der Waals surface area (Å²) in [5.41, 5.74) is 6.65. The molecule has 0 heterocycles. The lowest BCUT2D eigenvalue weighted by atomic mass is 9.93. The summed E-state index contributed by atoms with van der Waals surface area (Å²) in [6.45, 7) is 5.36. The van der Waals surface area contributed by atoms with E-state index in [2.05, 4.69) is 0 Å². The van der Waals surface area contributed by atoms with Gasteiger partial charge >= 0.3 is 0 Å². The topological polar surface area (TPSA) is 53.0 Å². The molecule has 0 aliphatic rings. The maximum Gasteiger partial charge on any atom is 0.126 e. The molecule has 4 heteroatoms. The second-order valence-electron chi connectivity index (χ2n) is 5.03. The van der Waals surface area contributed by atoms with Crippen molar-refractivity contribution in [2.45, 2.75) is 13.8 Å². The molecule has 0 unspecified atom stereocenters. The van der Waals surface area contributed by atoms with Gasteiger partial charge in [-0.25, -0.2) is 4.39 Å². The SMILES string of the molecule is CN(CC(C)(C)CN)c1cc(F)cc(C#N)c1. The highest BCUT2D eigenvalue weighted by molar-refractivity contribution is 5.51. The molecule has 3 nitrogen and oxygen atoms in total. The number of nitrogens with two attached hydrogens (primary N) is 1. The molecule has 0 atom stereocenters. The number of hydrogen-bond donors (Lipinski definition) is 1. The molecule has 0 fully saturated rings. The van der Waals surface area contributed by atoms with Crippen molar-refractivity contribution < 1.29 is 4.39 Å². The van der Waals surface area contributed by atoms with Gasteiger partial charge in [0.2, 0.25) is 0 Å². The maximum atomic E-state index is 13.3. The van der Waals surface area contributed by atoms with Gasteiger partial charge in [0.1, 0.15) is 5.82 Å². The van der Waals surface area contributed by atoms with Crippen molar-refractivity contribution >= 4 is 5.69 Å². The van der Waals surface area contributed by atoms with Crippen molar-refractivity contribution in [2.24, 2.45) is 11.1 Å². The highest BCUT2D eigenvalue weighted by Gasteiger charge is 2.18. The number of nitriles is 1. The van der Waals surface area contributed by atoms with Gasteiger partial charge in [-0.1, -0.05) is 13.8 Å². The van der Waals surface area contributed by atoms with Gasteiger partial charge in [-0.15, -0.1) is 0 Å². The fraction of sp³-hybridized carbons (Fsp3) is 0.462. The summed E-state index contributed by atoms with van der Waals surface area (Å²) in [6.07, 6.45) is 0. The van der Waals surface area contributed by atoms with Crippen LogP contribution in [0.25, 0.3) is 0 Å². The van der Waals surface area contributed by atoms with Crippen LogP contribution >= 0.6 is 0 Å². The van der Waals surface area contributed by atoms with Gasteiger partial charge in [0, 0.05) is 19.3 Å². The maximum absolute atomic E-state index is 13.3. The number of rotatable bonds is 4. The molecule has 0 spiro atoms. The Kier molecular flexibility index (Phi) is 4.08. The average Bonchev–Trinajstić information content (AvgIpc) is 2.27. The molecule has 1 rings (SSSR count). The number of hydrogen-bond acceptors (Lipinski definition) is 3. The lowest BCUT2D eigenvalue weighted by molar-refractivity contribution is 0.385. The van der Waals surface area contributed by atoms with Crippen molar-refractivity contribution in [2.75, 3.05) is 25.0 Å². The lowest BCUT2D eigenvalue weighted by Gasteiger charge is -2.30. The van der Waals surface area contributed by atoms with Crippen LogP contribution in [0.1, 0.15) is 19.4 Å². The summed E-state index contributed by atoms with van der Waals surface area (Å²) >= 11 is 0. The third-order valence-electron chi connectivity index (χ3n) is 2.67. The molecule has 0 radical (unpaired) electrons. The van der Waals surface area contributed by atoms with Crippen LogP contribution in [0.2, 0.25) is 0 Å². The summed E-state index contributed by atoms with van der Waals surface area (Å²) in [4.78, 5) is 1.91. The molecule has 0 aliphatic heterocycles. The zero-order valence-electron chi connectivity index (χ0n) is 10.5. The molecule has 0 amide bonds. The zero-order chi connectivity index (χ0) is 13.1. The van der Waals surface area contributed by atoms with Gasteiger partial charge in [-0.3, -0.25) is 0 Å². The number of nitrogens with zero attached hydrogens (tertiary/aromatic N) is 2. The Bertz CT molecular complexity index is 435. The predicted octanol–water partition coefficient (Wildman–Crippen LogP) is 2.12. The molecule has 1 aromatic rings. The first-order valence-corrected chi connectivity index (χ1v) is 5.50. The van der Waals surface area contributed by atoms with Crippen LogP contribution in [-0.4, -0.2) is 20.1 Å². The van der Waals surface area contributed by atoms with E-state index in [0.29, 0.717) is 24.3 Å². The standard InChI is InChI=1S/C13H18FN3/c1-13(2,8-16)9-17(3)12-5-10(7-15)4-11(14)6-12/h4-6H,8-9,16H2,1-3H3. The minimum absolute atomic E-state index is 0.0477. The average molecular weight is 235 g/mol. The molecule has 0 saturated heterocycles. The van der Waals surface area contributed by atoms with Crippen molar-refractivity contribution in [1.82, 2.24) is 0 Å². The molecule has 2 N–H and O–H groups in total. The fourth-order valence-corrected chi connectivity index (χ4v) is 1.66. The van der Waals surface area contributed by atoms with Crippen molar-refractivity contribution in [3.63, 3.8) is 0 Å². The van der Waals surface area contributed by atoms with E-state index in [1.54, 1.807) is 6.07 Å². The lowest BCUT2D eigenvalue weighted by Crippen LogP contribution is -2.36. The van der Waals surface area contributed by atoms with E-state index in [9.17, 15) is 4.39 Å². The molecular weight excluding hydrogens is 217 g/mol. The molecule has 0 saturated carbocycles. The molecule has 17 heavy (non-hydrogen) atoms. The monoisotopic (exact) mass is 235 g/mol. The smallest absolute Gasteiger partial charge is 0.126 e. The molecule has 0 aromatic heterocycles. The first-order chi connectivity index (χ1) is 7.88. The van der Waals surface area contributed by atoms with Crippen molar-refractivity contribution in [1.29, 1.82) is 5.26 Å². The summed E-state index contributed by atoms with van der Waals surface area (Å²) in [5, 5.41) is 8.79. The summed E-state index contributed by atoms with van der Waals surface area (Å²) in [5.74, 6) is -0.392. The summed E-state index contributed by atoms with van der Waals surface area (Å²) < 4.78 is 13.3. The van der Waals surface area contributed by atoms with Crippen LogP contribution in [0.4, 0.5) is 10.1 Å². The van der Waals surface area contributed by atoms with Crippen molar-refractivity contribution in [3.8, 4) is 6.07 Å². The van der Waals surface area contributed by atoms with E-state index in [1.165, 1.54) is 12.1 Å². The van der Waals surface area contributed by atoms with E-state index in [4.69, 9.17) is 11.0 Å². The molecule has 1 aromatic carbocycles. The number of halogens is 1. The zero-order valence-corrected chi connectivity index (χ0v) is 10.5. The largest absolute Gasteiger partial charge is 0.374 e. The Balaban J connectivity index is 2.93.